The van der Waals surface area contributed by atoms with Crippen LogP contribution in [0.15, 0.2) is 33.5 Å². The number of hydrogen-bond donors (Lipinski definition) is 1. The summed E-state index contributed by atoms with van der Waals surface area (Å²) in [4.78, 5) is 16.0. The van der Waals surface area contributed by atoms with E-state index < -0.39 is 6.09 Å². The minimum Gasteiger partial charge on any atom is -0.442 e. The first-order chi connectivity index (χ1) is 10.1. The molecule has 0 saturated heterocycles. The van der Waals surface area contributed by atoms with Crippen molar-refractivity contribution in [3.05, 3.63) is 40.5 Å². The average molecular weight is 322 g/mol. The van der Waals surface area contributed by atoms with Gasteiger partial charge >= 0.3 is 6.09 Å². The molecular formula is C15H18N2O2S2. The lowest BCUT2D eigenvalue weighted by molar-refractivity contribution is 0.150. The average Bonchev–Trinajstić information content (AvgIpc) is 2.92. The molecule has 2 N–H and O–H groups in total. The Morgan fingerprint density at radius 2 is 1.95 bits per heavy atom. The standard InChI is InChI=1S/C15H18N2O2S2/c1-3-10-5-11(4-2)7-12(6-10)20-14-8-17-13(21-14)9-19-15(16)18/h5-8H,3-4,9H2,1-2H3,(H2,16,18). The fourth-order valence-corrected chi connectivity index (χ4v) is 3.92. The second kappa shape index (κ2) is 7.47. The van der Waals surface area contributed by atoms with Gasteiger partial charge in [-0.15, -0.1) is 11.3 Å². The monoisotopic (exact) mass is 322 g/mol. The Hall–Kier alpha value is -1.53. The van der Waals surface area contributed by atoms with E-state index in [2.05, 4.69) is 37.0 Å². The van der Waals surface area contributed by atoms with Crippen molar-refractivity contribution >= 4 is 29.2 Å². The zero-order valence-corrected chi connectivity index (χ0v) is 13.7. The minimum absolute atomic E-state index is 0.135. The fraction of sp³-hybridized carbons (Fsp3) is 0.333. The lowest BCUT2D eigenvalue weighted by Gasteiger charge is -2.06. The molecule has 0 unspecified atom stereocenters. The van der Waals surface area contributed by atoms with Crippen molar-refractivity contribution in [1.82, 2.24) is 4.98 Å². The number of amides is 1. The molecule has 0 bridgehead atoms. The number of thiazole rings is 1. The van der Waals surface area contributed by atoms with Crippen LogP contribution in [0, 0.1) is 0 Å². The molecule has 0 saturated carbocycles. The van der Waals surface area contributed by atoms with Gasteiger partial charge in [0.05, 0.1) is 10.4 Å². The van der Waals surface area contributed by atoms with Crippen LogP contribution in [-0.4, -0.2) is 11.1 Å². The molecule has 0 atom stereocenters. The molecule has 0 spiro atoms. The molecule has 112 valence electrons. The summed E-state index contributed by atoms with van der Waals surface area (Å²) in [7, 11) is 0. The predicted octanol–water partition coefficient (Wildman–Crippen LogP) is 4.01. The second-order valence-corrected chi connectivity index (χ2v) is 6.96. The van der Waals surface area contributed by atoms with Gasteiger partial charge in [0.15, 0.2) is 0 Å². The fourth-order valence-electron chi connectivity index (χ4n) is 1.85. The van der Waals surface area contributed by atoms with Crippen LogP contribution in [0.1, 0.15) is 30.0 Å². The molecule has 0 aliphatic rings. The van der Waals surface area contributed by atoms with Crippen molar-refractivity contribution in [1.29, 1.82) is 0 Å². The minimum atomic E-state index is -0.775. The molecule has 0 fully saturated rings. The van der Waals surface area contributed by atoms with Gasteiger partial charge in [-0.25, -0.2) is 9.78 Å². The number of aryl methyl sites for hydroxylation is 2. The maximum atomic E-state index is 10.6. The quantitative estimate of drug-likeness (QED) is 0.872. The SMILES string of the molecule is CCc1cc(CC)cc(Sc2cnc(COC(N)=O)s2)c1. The van der Waals surface area contributed by atoms with Crippen molar-refractivity contribution in [3.63, 3.8) is 0 Å². The number of nitrogens with two attached hydrogens (primary N) is 1. The van der Waals surface area contributed by atoms with E-state index in [9.17, 15) is 4.79 Å². The van der Waals surface area contributed by atoms with Gasteiger partial charge in [0.1, 0.15) is 11.6 Å². The highest BCUT2D eigenvalue weighted by Gasteiger charge is 2.07. The zero-order chi connectivity index (χ0) is 15.2. The van der Waals surface area contributed by atoms with Gasteiger partial charge in [-0.3, -0.25) is 0 Å². The number of carbonyl (C=O) groups is 1. The molecule has 0 aliphatic carbocycles. The molecule has 1 aromatic heterocycles. The smallest absolute Gasteiger partial charge is 0.404 e. The zero-order valence-electron chi connectivity index (χ0n) is 12.1. The molecular weight excluding hydrogens is 304 g/mol. The van der Waals surface area contributed by atoms with Crippen molar-refractivity contribution in [3.8, 4) is 0 Å². The first kappa shape index (κ1) is 15.9. The summed E-state index contributed by atoms with van der Waals surface area (Å²) in [5.74, 6) is 0. The highest BCUT2D eigenvalue weighted by molar-refractivity contribution is 8.01. The van der Waals surface area contributed by atoms with Crippen LogP contribution < -0.4 is 5.73 Å². The highest BCUT2D eigenvalue weighted by Crippen LogP contribution is 2.33. The Morgan fingerprint density at radius 3 is 2.52 bits per heavy atom. The third kappa shape index (κ3) is 4.75. The molecule has 1 amide bonds. The van der Waals surface area contributed by atoms with Crippen LogP contribution in [-0.2, 0) is 24.2 Å². The normalized spacial score (nSPS) is 10.6. The maximum Gasteiger partial charge on any atom is 0.404 e. The van der Waals surface area contributed by atoms with E-state index >= 15 is 0 Å². The largest absolute Gasteiger partial charge is 0.442 e. The summed E-state index contributed by atoms with van der Waals surface area (Å²) in [5, 5.41) is 0.749. The van der Waals surface area contributed by atoms with Gasteiger partial charge in [0.25, 0.3) is 0 Å². The number of carbonyl (C=O) groups excluding carboxylic acids is 1. The van der Waals surface area contributed by atoms with Crippen LogP contribution in [0.4, 0.5) is 4.79 Å². The lowest BCUT2D eigenvalue weighted by Crippen LogP contribution is -2.12. The Morgan fingerprint density at radius 1 is 1.29 bits per heavy atom. The Kier molecular flexibility index (Phi) is 5.64. The van der Waals surface area contributed by atoms with Crippen LogP contribution >= 0.6 is 23.1 Å². The summed E-state index contributed by atoms with van der Waals surface area (Å²) in [6, 6.07) is 6.68. The van der Waals surface area contributed by atoms with E-state index in [-0.39, 0.29) is 6.61 Å². The molecule has 4 nitrogen and oxygen atoms in total. The molecule has 2 rings (SSSR count). The number of rotatable bonds is 6. The van der Waals surface area contributed by atoms with Gasteiger partial charge in [-0.1, -0.05) is 31.7 Å². The first-order valence-electron chi connectivity index (χ1n) is 6.78. The van der Waals surface area contributed by atoms with Crippen LogP contribution in [0.3, 0.4) is 0 Å². The molecule has 0 radical (unpaired) electrons. The van der Waals surface area contributed by atoms with E-state index in [1.165, 1.54) is 27.4 Å². The number of ether oxygens (including phenoxy) is 1. The molecule has 1 aromatic carbocycles. The second-order valence-electron chi connectivity index (χ2n) is 4.48. The van der Waals surface area contributed by atoms with Crippen molar-refractivity contribution < 1.29 is 9.53 Å². The van der Waals surface area contributed by atoms with Gasteiger partial charge in [-0.2, -0.15) is 0 Å². The summed E-state index contributed by atoms with van der Waals surface area (Å²) >= 11 is 3.20. The van der Waals surface area contributed by atoms with Crippen molar-refractivity contribution in [2.75, 3.05) is 0 Å². The molecule has 6 heteroatoms. The van der Waals surface area contributed by atoms with E-state index in [1.807, 2.05) is 0 Å². The molecule has 1 heterocycles. The van der Waals surface area contributed by atoms with Gasteiger partial charge < -0.3 is 10.5 Å². The summed E-state index contributed by atoms with van der Waals surface area (Å²) in [5.41, 5.74) is 7.64. The van der Waals surface area contributed by atoms with Crippen molar-refractivity contribution in [2.45, 2.75) is 42.4 Å². The maximum absolute atomic E-state index is 10.6. The molecule has 0 aliphatic heterocycles. The first-order valence-corrected chi connectivity index (χ1v) is 8.41. The van der Waals surface area contributed by atoms with E-state index in [0.29, 0.717) is 0 Å². The number of primary amides is 1. The highest BCUT2D eigenvalue weighted by atomic mass is 32.2. The number of nitrogens with zero attached hydrogens (tertiary/aromatic N) is 1. The van der Waals surface area contributed by atoms with Crippen LogP contribution in [0.25, 0.3) is 0 Å². The molecule has 2 aromatic rings. The third-order valence-electron chi connectivity index (χ3n) is 2.93. The predicted molar refractivity (Wildman–Crippen MR) is 85.8 cm³/mol. The van der Waals surface area contributed by atoms with Crippen LogP contribution in [0.5, 0.6) is 0 Å². The van der Waals surface area contributed by atoms with Gasteiger partial charge in [-0.05, 0) is 36.1 Å². The number of benzene rings is 1. The topological polar surface area (TPSA) is 65.2 Å². The lowest BCUT2D eigenvalue weighted by atomic mass is 10.1. The van der Waals surface area contributed by atoms with Crippen LogP contribution in [0.2, 0.25) is 0 Å². The summed E-state index contributed by atoms with van der Waals surface area (Å²) < 4.78 is 5.82. The van der Waals surface area contributed by atoms with E-state index in [1.54, 1.807) is 18.0 Å². The van der Waals surface area contributed by atoms with Gasteiger partial charge in [0, 0.05) is 4.90 Å². The van der Waals surface area contributed by atoms with E-state index in [0.717, 1.165) is 22.1 Å². The van der Waals surface area contributed by atoms with E-state index in [4.69, 9.17) is 10.5 Å². The summed E-state index contributed by atoms with van der Waals surface area (Å²) in [6.45, 7) is 4.46. The number of hydrogen-bond acceptors (Lipinski definition) is 5. The number of aromatic nitrogens is 1. The Labute approximate surface area is 132 Å². The van der Waals surface area contributed by atoms with Gasteiger partial charge in [0.2, 0.25) is 0 Å². The Balaban J connectivity index is 2.09. The van der Waals surface area contributed by atoms with Crippen molar-refractivity contribution in [2.24, 2.45) is 5.73 Å². The Bertz CT molecular complexity index is 604. The third-order valence-corrected chi connectivity index (χ3v) is 4.97. The molecule has 21 heavy (non-hydrogen) atoms. The summed E-state index contributed by atoms with van der Waals surface area (Å²) in [6.07, 6.45) is 3.09.